The van der Waals surface area contributed by atoms with Gasteiger partial charge in [0.1, 0.15) is 11.5 Å². The molecule has 3 aromatic carbocycles. The molecule has 3 N–H and O–H groups in total. The maximum Gasteiger partial charge on any atom is 0.124 e. The molecule has 0 unspecified atom stereocenters. The minimum Gasteiger partial charge on any atom is -0.358 e. The van der Waals surface area contributed by atoms with Crippen LogP contribution in [0.4, 0.5) is 10.1 Å². The van der Waals surface area contributed by atoms with Crippen LogP contribution in [0.15, 0.2) is 91.4 Å². The molecule has 1 aliphatic rings. The molecule has 0 saturated heterocycles. The van der Waals surface area contributed by atoms with E-state index in [-0.39, 0.29) is 5.82 Å². The van der Waals surface area contributed by atoms with Gasteiger partial charge >= 0.3 is 0 Å². The Balaban J connectivity index is 1.27. The third-order valence-electron chi connectivity index (χ3n) is 7.81. The zero-order valence-electron chi connectivity index (χ0n) is 21.7. The number of nitrogens with one attached hydrogen (secondary N) is 3. The number of nitrogens with zero attached hydrogens (tertiary/aromatic N) is 2. The molecule has 5 nitrogen and oxygen atoms in total. The van der Waals surface area contributed by atoms with Crippen molar-refractivity contribution in [3.05, 3.63) is 103 Å². The van der Waals surface area contributed by atoms with Crippen molar-refractivity contribution >= 4 is 27.5 Å². The third-order valence-corrected chi connectivity index (χ3v) is 7.81. The molecule has 0 aliphatic heterocycles. The molecule has 6 heteroatoms. The number of pyridine rings is 1. The van der Waals surface area contributed by atoms with Crippen LogP contribution in [0.5, 0.6) is 0 Å². The normalized spacial score (nSPS) is 13.6. The van der Waals surface area contributed by atoms with Gasteiger partial charge in [-0.15, -0.1) is 0 Å². The van der Waals surface area contributed by atoms with Crippen LogP contribution in [-0.2, 0) is 0 Å². The summed E-state index contributed by atoms with van der Waals surface area (Å²) in [6.45, 7) is 6.14. The van der Waals surface area contributed by atoms with E-state index in [1.165, 1.54) is 19.3 Å². The lowest BCUT2D eigenvalue weighted by Crippen LogP contribution is -2.18. The van der Waals surface area contributed by atoms with Gasteiger partial charge in [0.2, 0.25) is 0 Å². The highest BCUT2D eigenvalue weighted by atomic mass is 19.1. The number of anilines is 1. The second-order valence-corrected chi connectivity index (χ2v) is 10.5. The second-order valence-electron chi connectivity index (χ2n) is 10.5. The summed E-state index contributed by atoms with van der Waals surface area (Å²) in [4.78, 5) is 8.02. The average Bonchev–Trinajstić information content (AvgIpc) is 3.50. The van der Waals surface area contributed by atoms with Crippen LogP contribution in [0.1, 0.15) is 24.8 Å². The molecular weight excluding hydrogens is 485 g/mol. The Kier molecular flexibility index (Phi) is 5.55. The van der Waals surface area contributed by atoms with Crippen molar-refractivity contribution in [3.63, 3.8) is 0 Å². The summed E-state index contributed by atoms with van der Waals surface area (Å²) in [6, 6.07) is 21.7. The molecule has 6 aromatic rings. The summed E-state index contributed by atoms with van der Waals surface area (Å²) in [7, 11) is 0. The van der Waals surface area contributed by atoms with Crippen molar-refractivity contribution in [2.75, 3.05) is 5.32 Å². The molecule has 192 valence electrons. The summed E-state index contributed by atoms with van der Waals surface area (Å²) in [5.74, 6) is 0.324. The Bertz CT molecular complexity index is 1850. The highest BCUT2D eigenvalue weighted by Crippen LogP contribution is 2.36. The standard InChI is InChI=1S/C33H28FN5/c1-19-11-23(13-25(34)12-19)27-7-4-8-30-28(27)16-32(37-30)33-29-15-22(9-10-31(29)38-39-33)24-14-26(18-35-17-24)36-20(2)21-5-3-6-21/h4,7-18,21,36-37H,2-3,5-6H2,1H3,(H,38,39). The molecule has 1 aliphatic carbocycles. The van der Waals surface area contributed by atoms with Crippen LogP contribution >= 0.6 is 0 Å². The van der Waals surface area contributed by atoms with E-state index in [4.69, 9.17) is 0 Å². The van der Waals surface area contributed by atoms with E-state index >= 15 is 0 Å². The monoisotopic (exact) mass is 513 g/mol. The van der Waals surface area contributed by atoms with E-state index in [1.807, 2.05) is 43.6 Å². The van der Waals surface area contributed by atoms with Gasteiger partial charge in [0, 0.05) is 33.7 Å². The number of rotatable bonds is 6. The first-order valence-corrected chi connectivity index (χ1v) is 13.3. The largest absolute Gasteiger partial charge is 0.358 e. The van der Waals surface area contributed by atoms with Crippen LogP contribution in [0, 0.1) is 18.7 Å². The van der Waals surface area contributed by atoms with Crippen molar-refractivity contribution in [1.82, 2.24) is 20.2 Å². The number of H-pyrrole nitrogens is 2. The van der Waals surface area contributed by atoms with Crippen molar-refractivity contribution in [1.29, 1.82) is 0 Å². The van der Waals surface area contributed by atoms with Gasteiger partial charge in [-0.2, -0.15) is 5.10 Å². The van der Waals surface area contributed by atoms with E-state index < -0.39 is 0 Å². The van der Waals surface area contributed by atoms with Gasteiger partial charge in [-0.1, -0.05) is 37.3 Å². The van der Waals surface area contributed by atoms with Crippen LogP contribution in [0.3, 0.4) is 0 Å². The van der Waals surface area contributed by atoms with Crippen LogP contribution in [-0.4, -0.2) is 20.2 Å². The molecule has 0 bridgehead atoms. The van der Waals surface area contributed by atoms with E-state index in [0.29, 0.717) is 5.92 Å². The predicted octanol–water partition coefficient (Wildman–Crippen LogP) is 8.61. The fourth-order valence-corrected chi connectivity index (χ4v) is 5.54. The first kappa shape index (κ1) is 23.4. The zero-order chi connectivity index (χ0) is 26.5. The smallest absolute Gasteiger partial charge is 0.124 e. The summed E-state index contributed by atoms with van der Waals surface area (Å²) >= 11 is 0. The van der Waals surface area contributed by atoms with E-state index in [9.17, 15) is 4.39 Å². The number of allylic oxidation sites excluding steroid dienone is 1. The number of aromatic amines is 2. The highest BCUT2D eigenvalue weighted by Gasteiger charge is 2.20. The highest BCUT2D eigenvalue weighted by molar-refractivity contribution is 6.02. The molecule has 0 amide bonds. The maximum atomic E-state index is 14.2. The van der Waals surface area contributed by atoms with Crippen molar-refractivity contribution in [2.45, 2.75) is 26.2 Å². The molecule has 39 heavy (non-hydrogen) atoms. The first-order chi connectivity index (χ1) is 19.0. The maximum absolute atomic E-state index is 14.2. The second kappa shape index (κ2) is 9.24. The van der Waals surface area contributed by atoms with E-state index in [0.717, 1.165) is 72.4 Å². The molecule has 3 aromatic heterocycles. The fourth-order valence-electron chi connectivity index (χ4n) is 5.54. The van der Waals surface area contributed by atoms with Crippen LogP contribution < -0.4 is 5.32 Å². The molecule has 1 fully saturated rings. The predicted molar refractivity (Wildman–Crippen MR) is 157 cm³/mol. The molecule has 0 atom stereocenters. The van der Waals surface area contributed by atoms with Crippen molar-refractivity contribution < 1.29 is 4.39 Å². The minimum atomic E-state index is -0.232. The van der Waals surface area contributed by atoms with E-state index in [1.54, 1.807) is 12.1 Å². The van der Waals surface area contributed by atoms with Gasteiger partial charge in [-0.3, -0.25) is 10.1 Å². The number of hydrogen-bond donors (Lipinski definition) is 3. The number of halogens is 1. The van der Waals surface area contributed by atoms with Gasteiger partial charge < -0.3 is 10.3 Å². The Morgan fingerprint density at radius 2 is 1.82 bits per heavy atom. The molecule has 7 rings (SSSR count). The number of fused-ring (bicyclic) bond motifs is 2. The van der Waals surface area contributed by atoms with Crippen LogP contribution in [0.25, 0.3) is 55.4 Å². The topological polar surface area (TPSA) is 69.4 Å². The van der Waals surface area contributed by atoms with Gasteiger partial charge in [-0.25, -0.2) is 4.39 Å². The fraction of sp³-hybridized carbons (Fsp3) is 0.152. The van der Waals surface area contributed by atoms with Gasteiger partial charge in [0.25, 0.3) is 0 Å². The number of aromatic nitrogens is 4. The van der Waals surface area contributed by atoms with Gasteiger partial charge in [-0.05, 0) is 90.4 Å². The average molecular weight is 514 g/mol. The number of aryl methyl sites for hydroxylation is 1. The molecule has 0 spiro atoms. The lowest BCUT2D eigenvalue weighted by atomic mass is 9.83. The summed E-state index contributed by atoms with van der Waals surface area (Å²) in [6.07, 6.45) is 7.41. The van der Waals surface area contributed by atoms with Crippen LogP contribution in [0.2, 0.25) is 0 Å². The quantitative estimate of drug-likeness (QED) is 0.209. The van der Waals surface area contributed by atoms with Crippen molar-refractivity contribution in [2.24, 2.45) is 5.92 Å². The molecule has 0 radical (unpaired) electrons. The molecule has 1 saturated carbocycles. The summed E-state index contributed by atoms with van der Waals surface area (Å²) in [5.41, 5.74) is 10.5. The lowest BCUT2D eigenvalue weighted by Gasteiger charge is -2.28. The van der Waals surface area contributed by atoms with Gasteiger partial charge in [0.15, 0.2) is 0 Å². The van der Waals surface area contributed by atoms with Crippen molar-refractivity contribution in [3.8, 4) is 33.6 Å². The number of benzene rings is 3. The Labute approximate surface area is 225 Å². The Hall–Kier alpha value is -4.71. The molecule has 3 heterocycles. The summed E-state index contributed by atoms with van der Waals surface area (Å²) < 4.78 is 14.2. The SMILES string of the molecule is C=C(Nc1cncc(-c2ccc3[nH]nc(-c4cc5c(-c6cc(C)cc(F)c6)cccc5[nH]4)c3c2)c1)C1CCC1. The zero-order valence-corrected chi connectivity index (χ0v) is 21.7. The minimum absolute atomic E-state index is 0.232. The Morgan fingerprint density at radius 3 is 2.64 bits per heavy atom. The lowest BCUT2D eigenvalue weighted by molar-refractivity contribution is 0.371. The summed E-state index contributed by atoms with van der Waals surface area (Å²) in [5, 5.41) is 13.3. The van der Waals surface area contributed by atoms with Gasteiger partial charge in [0.05, 0.1) is 23.1 Å². The van der Waals surface area contributed by atoms with E-state index in [2.05, 4.69) is 62.4 Å². The third kappa shape index (κ3) is 4.28. The molecular formula is C33H28FN5. The Morgan fingerprint density at radius 1 is 0.923 bits per heavy atom. The number of hydrogen-bond acceptors (Lipinski definition) is 3. The first-order valence-electron chi connectivity index (χ1n) is 13.3.